The van der Waals surface area contributed by atoms with E-state index >= 15 is 0 Å². The molecule has 0 radical (unpaired) electrons. The molecule has 2 saturated carbocycles. The molecule has 1 aromatic carbocycles. The Bertz CT molecular complexity index is 658. The normalized spacial score (nSPS) is 31.1. The van der Waals surface area contributed by atoms with E-state index in [-0.39, 0.29) is 17.9 Å². The number of carbonyl (C=O) groups is 2. The quantitative estimate of drug-likeness (QED) is 0.871. The van der Waals surface area contributed by atoms with Crippen LogP contribution in [0, 0.1) is 11.8 Å². The van der Waals surface area contributed by atoms with Gasteiger partial charge >= 0.3 is 0 Å². The molecule has 26 heavy (non-hydrogen) atoms. The molecule has 2 amide bonds. The fourth-order valence-electron chi connectivity index (χ4n) is 5.11. The van der Waals surface area contributed by atoms with E-state index in [1.807, 2.05) is 29.2 Å². The van der Waals surface area contributed by atoms with Crippen LogP contribution in [0.25, 0.3) is 0 Å². The summed E-state index contributed by atoms with van der Waals surface area (Å²) in [6.07, 6.45) is 7.29. The molecule has 5 nitrogen and oxygen atoms in total. The topological polar surface area (TPSA) is 75.4 Å². The molecule has 0 aromatic heterocycles. The van der Waals surface area contributed by atoms with Crippen LogP contribution in [0.2, 0.25) is 0 Å². The standard InChI is InChI=1S/C21H29N3O2/c22-18-11-16-3-1-4-17(12-18)20(16)23-21(26)15-8-6-14(7-9-15)13-24-10-2-5-19(24)25/h6-9,16-18,20H,1-5,10-13,22H2,(H,23,26). The lowest BCUT2D eigenvalue weighted by Gasteiger charge is -2.45. The third kappa shape index (κ3) is 3.63. The van der Waals surface area contributed by atoms with Crippen molar-refractivity contribution in [2.75, 3.05) is 6.54 Å². The first kappa shape index (κ1) is 17.5. The molecule has 3 aliphatic rings. The first-order valence-corrected chi connectivity index (χ1v) is 10.0. The van der Waals surface area contributed by atoms with E-state index in [1.165, 1.54) is 19.3 Å². The van der Waals surface area contributed by atoms with Gasteiger partial charge in [-0.1, -0.05) is 18.6 Å². The number of carbonyl (C=O) groups excluding carboxylic acids is 2. The predicted molar refractivity (Wildman–Crippen MR) is 100 cm³/mol. The molecule has 1 heterocycles. The van der Waals surface area contributed by atoms with Crippen LogP contribution in [0.15, 0.2) is 24.3 Å². The number of hydrogen-bond donors (Lipinski definition) is 2. The highest BCUT2D eigenvalue weighted by Crippen LogP contribution is 2.39. The number of amides is 2. The summed E-state index contributed by atoms with van der Waals surface area (Å²) in [7, 11) is 0. The Morgan fingerprint density at radius 1 is 1.12 bits per heavy atom. The van der Waals surface area contributed by atoms with Gasteiger partial charge in [-0.05, 0) is 61.6 Å². The Morgan fingerprint density at radius 3 is 2.42 bits per heavy atom. The number of nitrogens with one attached hydrogen (secondary N) is 1. The molecule has 5 heteroatoms. The number of fused-ring (bicyclic) bond motifs is 2. The minimum absolute atomic E-state index is 0.0196. The number of hydrogen-bond acceptors (Lipinski definition) is 3. The van der Waals surface area contributed by atoms with Gasteiger partial charge < -0.3 is 16.0 Å². The minimum Gasteiger partial charge on any atom is -0.349 e. The number of benzene rings is 1. The van der Waals surface area contributed by atoms with Crippen molar-refractivity contribution in [1.29, 1.82) is 0 Å². The predicted octanol–water partition coefficient (Wildman–Crippen LogP) is 2.44. The highest BCUT2D eigenvalue weighted by molar-refractivity contribution is 5.94. The second-order valence-electron chi connectivity index (χ2n) is 8.30. The van der Waals surface area contributed by atoms with E-state index in [2.05, 4.69) is 5.32 Å². The van der Waals surface area contributed by atoms with Crippen LogP contribution in [0.3, 0.4) is 0 Å². The smallest absolute Gasteiger partial charge is 0.251 e. The van der Waals surface area contributed by atoms with E-state index in [0.29, 0.717) is 36.4 Å². The molecule has 2 bridgehead atoms. The molecular weight excluding hydrogens is 326 g/mol. The molecule has 4 rings (SSSR count). The molecule has 1 aromatic rings. The summed E-state index contributed by atoms with van der Waals surface area (Å²) >= 11 is 0. The monoisotopic (exact) mass is 355 g/mol. The number of nitrogens with two attached hydrogens (primary N) is 1. The van der Waals surface area contributed by atoms with Crippen LogP contribution >= 0.6 is 0 Å². The molecule has 1 saturated heterocycles. The maximum absolute atomic E-state index is 12.7. The zero-order chi connectivity index (χ0) is 18.1. The number of nitrogens with zero attached hydrogens (tertiary/aromatic N) is 1. The molecular formula is C21H29N3O2. The molecule has 2 unspecified atom stereocenters. The van der Waals surface area contributed by atoms with Crippen LogP contribution in [0.5, 0.6) is 0 Å². The van der Waals surface area contributed by atoms with Gasteiger partial charge in [0.15, 0.2) is 0 Å². The van der Waals surface area contributed by atoms with Crippen molar-refractivity contribution in [3.8, 4) is 0 Å². The maximum Gasteiger partial charge on any atom is 0.251 e. The fourth-order valence-corrected chi connectivity index (χ4v) is 5.11. The average Bonchev–Trinajstić information content (AvgIpc) is 3.01. The Kier molecular flexibility index (Phi) is 4.98. The zero-order valence-corrected chi connectivity index (χ0v) is 15.3. The number of likely N-dealkylation sites (tertiary alicyclic amines) is 1. The lowest BCUT2D eigenvalue weighted by molar-refractivity contribution is -0.128. The van der Waals surface area contributed by atoms with Gasteiger partial charge in [-0.25, -0.2) is 0 Å². The van der Waals surface area contributed by atoms with Crippen molar-refractivity contribution in [3.05, 3.63) is 35.4 Å². The first-order chi connectivity index (χ1) is 12.6. The van der Waals surface area contributed by atoms with Crippen LogP contribution in [-0.4, -0.2) is 35.3 Å². The van der Waals surface area contributed by atoms with Crippen LogP contribution in [0.1, 0.15) is 60.9 Å². The third-order valence-electron chi connectivity index (χ3n) is 6.44. The molecule has 3 fully saturated rings. The van der Waals surface area contributed by atoms with Crippen LogP contribution < -0.4 is 11.1 Å². The third-order valence-corrected chi connectivity index (χ3v) is 6.44. The molecule has 140 valence electrons. The van der Waals surface area contributed by atoms with Gasteiger partial charge in [0.05, 0.1) is 0 Å². The van der Waals surface area contributed by atoms with Crippen molar-refractivity contribution in [2.45, 2.75) is 63.6 Å². The maximum atomic E-state index is 12.7. The van der Waals surface area contributed by atoms with Crippen molar-refractivity contribution in [2.24, 2.45) is 17.6 Å². The van der Waals surface area contributed by atoms with Gasteiger partial charge in [0, 0.05) is 37.2 Å². The zero-order valence-electron chi connectivity index (χ0n) is 15.3. The summed E-state index contributed by atoms with van der Waals surface area (Å²) in [5.41, 5.74) is 7.97. The molecule has 2 aliphatic carbocycles. The fraction of sp³-hybridized carbons (Fsp3) is 0.619. The van der Waals surface area contributed by atoms with Crippen LogP contribution in [0.4, 0.5) is 0 Å². The Balaban J connectivity index is 1.38. The van der Waals surface area contributed by atoms with E-state index < -0.39 is 0 Å². The lowest BCUT2D eigenvalue weighted by Crippen LogP contribution is -2.53. The Labute approximate surface area is 155 Å². The van der Waals surface area contributed by atoms with Crippen molar-refractivity contribution in [3.63, 3.8) is 0 Å². The van der Waals surface area contributed by atoms with E-state index in [0.717, 1.165) is 31.4 Å². The number of rotatable bonds is 4. The van der Waals surface area contributed by atoms with Gasteiger partial charge in [0.25, 0.3) is 5.91 Å². The molecule has 3 N–H and O–H groups in total. The largest absolute Gasteiger partial charge is 0.349 e. The van der Waals surface area contributed by atoms with E-state index in [1.54, 1.807) is 0 Å². The van der Waals surface area contributed by atoms with Crippen molar-refractivity contribution >= 4 is 11.8 Å². The first-order valence-electron chi connectivity index (χ1n) is 10.0. The summed E-state index contributed by atoms with van der Waals surface area (Å²) in [5, 5.41) is 3.30. The second-order valence-corrected chi connectivity index (χ2v) is 8.30. The van der Waals surface area contributed by atoms with Gasteiger partial charge in [0.1, 0.15) is 0 Å². The minimum atomic E-state index is 0.0196. The second kappa shape index (κ2) is 7.39. The summed E-state index contributed by atoms with van der Waals surface area (Å²) < 4.78 is 0. The van der Waals surface area contributed by atoms with Crippen LogP contribution in [-0.2, 0) is 11.3 Å². The van der Waals surface area contributed by atoms with Gasteiger partial charge in [-0.2, -0.15) is 0 Å². The average molecular weight is 355 g/mol. The van der Waals surface area contributed by atoms with Crippen molar-refractivity contribution < 1.29 is 9.59 Å². The van der Waals surface area contributed by atoms with Gasteiger partial charge in [-0.15, -0.1) is 0 Å². The SMILES string of the molecule is NC1CC2CCCC(C1)C2NC(=O)c1ccc(CN2CCCC2=O)cc1. The van der Waals surface area contributed by atoms with E-state index in [4.69, 9.17) is 5.73 Å². The van der Waals surface area contributed by atoms with Gasteiger partial charge in [-0.3, -0.25) is 9.59 Å². The summed E-state index contributed by atoms with van der Waals surface area (Å²) in [4.78, 5) is 26.4. The molecule has 2 atom stereocenters. The highest BCUT2D eigenvalue weighted by Gasteiger charge is 2.39. The van der Waals surface area contributed by atoms with Crippen molar-refractivity contribution in [1.82, 2.24) is 10.2 Å². The Hall–Kier alpha value is -1.88. The highest BCUT2D eigenvalue weighted by atomic mass is 16.2. The lowest BCUT2D eigenvalue weighted by atomic mass is 9.67. The summed E-state index contributed by atoms with van der Waals surface area (Å²) in [5.74, 6) is 1.31. The molecule has 0 spiro atoms. The Morgan fingerprint density at radius 2 is 1.81 bits per heavy atom. The summed E-state index contributed by atoms with van der Waals surface area (Å²) in [6, 6.07) is 8.28. The summed E-state index contributed by atoms with van der Waals surface area (Å²) in [6.45, 7) is 1.49. The van der Waals surface area contributed by atoms with Gasteiger partial charge in [0.2, 0.25) is 5.91 Å². The molecule has 1 aliphatic heterocycles. The van der Waals surface area contributed by atoms with E-state index in [9.17, 15) is 9.59 Å².